The van der Waals surface area contributed by atoms with Gasteiger partial charge in [0, 0.05) is 15.8 Å². The molecule has 0 radical (unpaired) electrons. The lowest BCUT2D eigenvalue weighted by molar-refractivity contribution is -0.142. The average Bonchev–Trinajstić information content (AvgIpc) is 2.61. The highest BCUT2D eigenvalue weighted by molar-refractivity contribution is 7.12. The minimum Gasteiger partial charge on any atom is -0.480 e. The Morgan fingerprint density at radius 3 is 2.18 bits per heavy atom. The molecule has 1 rings (SSSR count). The molecule has 0 fully saturated rings. The number of hydrogen-bond acceptors (Lipinski definition) is 4. The lowest BCUT2D eigenvalue weighted by Gasteiger charge is -2.24. The Hall–Kier alpha value is -1.40. The van der Waals surface area contributed by atoms with Gasteiger partial charge in [0.25, 0.3) is 0 Å². The maximum Gasteiger partial charge on any atom is 0.317 e. The molecule has 0 saturated heterocycles. The third kappa shape index (κ3) is 4.16. The van der Waals surface area contributed by atoms with Crippen LogP contribution in [0.15, 0.2) is 12.1 Å². The van der Waals surface area contributed by atoms with E-state index in [2.05, 4.69) is 0 Å². The van der Waals surface area contributed by atoms with Crippen LogP contribution in [0.2, 0.25) is 0 Å². The third-order valence-corrected chi connectivity index (χ3v) is 3.57. The number of carbonyl (C=O) groups is 2. The van der Waals surface area contributed by atoms with E-state index in [0.717, 1.165) is 9.75 Å². The normalized spacial score (nSPS) is 12.6. The van der Waals surface area contributed by atoms with Gasteiger partial charge in [0.2, 0.25) is 0 Å². The minimum atomic E-state index is -1.02. The molecule has 1 unspecified atom stereocenters. The van der Waals surface area contributed by atoms with E-state index in [4.69, 9.17) is 10.2 Å². The van der Waals surface area contributed by atoms with E-state index in [1.165, 1.54) is 4.90 Å². The van der Waals surface area contributed by atoms with Gasteiger partial charge in [-0.2, -0.15) is 0 Å². The Balaban J connectivity index is 2.81. The summed E-state index contributed by atoms with van der Waals surface area (Å²) in [7, 11) is 0. The minimum absolute atomic E-state index is 0.208. The molecule has 0 aliphatic carbocycles. The van der Waals surface area contributed by atoms with Crippen molar-refractivity contribution in [1.82, 2.24) is 4.90 Å². The summed E-state index contributed by atoms with van der Waals surface area (Å²) in [4.78, 5) is 24.9. The van der Waals surface area contributed by atoms with Crippen molar-refractivity contribution in [1.29, 1.82) is 0 Å². The first-order valence-corrected chi connectivity index (χ1v) is 5.95. The second kappa shape index (κ2) is 5.79. The number of carboxylic acid groups (broad SMARTS) is 2. The van der Waals surface area contributed by atoms with Crippen molar-refractivity contribution in [2.24, 2.45) is 0 Å². The van der Waals surface area contributed by atoms with E-state index in [1.807, 2.05) is 26.0 Å². The molecular formula is C11H15NO4S. The van der Waals surface area contributed by atoms with Gasteiger partial charge in [-0.25, -0.2) is 0 Å². The molecule has 6 heteroatoms. The number of hydrogen-bond donors (Lipinski definition) is 2. The summed E-state index contributed by atoms with van der Waals surface area (Å²) in [5, 5.41) is 17.5. The Morgan fingerprint density at radius 1 is 1.29 bits per heavy atom. The van der Waals surface area contributed by atoms with Crippen molar-refractivity contribution in [3.05, 3.63) is 21.9 Å². The molecular weight excluding hydrogens is 242 g/mol. The SMILES string of the molecule is Cc1ccc(C(C)N(CC(=O)O)CC(=O)O)s1. The van der Waals surface area contributed by atoms with E-state index < -0.39 is 11.9 Å². The molecule has 1 atom stereocenters. The Bertz CT molecular complexity index is 399. The van der Waals surface area contributed by atoms with Crippen LogP contribution < -0.4 is 0 Å². The van der Waals surface area contributed by atoms with Crippen molar-refractivity contribution in [2.45, 2.75) is 19.9 Å². The van der Waals surface area contributed by atoms with E-state index >= 15 is 0 Å². The second-order valence-electron chi connectivity index (χ2n) is 3.82. The van der Waals surface area contributed by atoms with Gasteiger partial charge >= 0.3 is 11.9 Å². The standard InChI is InChI=1S/C11H15NO4S/c1-7-3-4-9(17-7)8(2)12(5-10(13)14)6-11(15)16/h3-4,8H,5-6H2,1-2H3,(H,13,14)(H,15,16). The molecule has 94 valence electrons. The summed E-state index contributed by atoms with van der Waals surface area (Å²) in [6.07, 6.45) is 0. The Labute approximate surface area is 103 Å². The third-order valence-electron chi connectivity index (χ3n) is 2.40. The van der Waals surface area contributed by atoms with Crippen molar-refractivity contribution >= 4 is 23.3 Å². The van der Waals surface area contributed by atoms with Gasteiger partial charge in [0.1, 0.15) is 0 Å². The molecule has 0 spiro atoms. The highest BCUT2D eigenvalue weighted by atomic mass is 32.1. The van der Waals surface area contributed by atoms with Gasteiger partial charge in [-0.05, 0) is 26.0 Å². The molecule has 1 aromatic rings. The quantitative estimate of drug-likeness (QED) is 0.809. The Morgan fingerprint density at radius 2 is 1.82 bits per heavy atom. The van der Waals surface area contributed by atoms with Crippen LogP contribution in [0.4, 0.5) is 0 Å². The summed E-state index contributed by atoms with van der Waals surface area (Å²) < 4.78 is 0. The number of carboxylic acids is 2. The lowest BCUT2D eigenvalue weighted by Crippen LogP contribution is -2.36. The zero-order valence-corrected chi connectivity index (χ0v) is 10.5. The Kier molecular flexibility index (Phi) is 4.65. The fourth-order valence-electron chi connectivity index (χ4n) is 1.54. The van der Waals surface area contributed by atoms with Crippen LogP contribution in [0.3, 0.4) is 0 Å². The van der Waals surface area contributed by atoms with Crippen LogP contribution in [-0.2, 0) is 9.59 Å². The summed E-state index contributed by atoms with van der Waals surface area (Å²) in [6, 6.07) is 3.64. The fourth-order valence-corrected chi connectivity index (χ4v) is 2.50. The maximum absolute atomic E-state index is 10.7. The molecule has 17 heavy (non-hydrogen) atoms. The predicted octanol–water partition coefficient (Wildman–Crippen LogP) is 1.59. The fraction of sp³-hybridized carbons (Fsp3) is 0.455. The topological polar surface area (TPSA) is 77.8 Å². The smallest absolute Gasteiger partial charge is 0.317 e. The zero-order valence-electron chi connectivity index (χ0n) is 9.71. The lowest BCUT2D eigenvalue weighted by atomic mass is 10.2. The van der Waals surface area contributed by atoms with Crippen molar-refractivity contribution in [3.63, 3.8) is 0 Å². The number of rotatable bonds is 6. The largest absolute Gasteiger partial charge is 0.480 e. The van der Waals surface area contributed by atoms with Gasteiger partial charge in [-0.3, -0.25) is 14.5 Å². The molecule has 0 aromatic carbocycles. The van der Waals surface area contributed by atoms with Gasteiger partial charge in [0.05, 0.1) is 13.1 Å². The predicted molar refractivity (Wildman–Crippen MR) is 64.3 cm³/mol. The van der Waals surface area contributed by atoms with E-state index in [1.54, 1.807) is 11.3 Å². The molecule has 0 bridgehead atoms. The summed E-state index contributed by atoms with van der Waals surface area (Å²) >= 11 is 1.55. The van der Waals surface area contributed by atoms with Gasteiger partial charge in [0.15, 0.2) is 0 Å². The average molecular weight is 257 g/mol. The first-order chi connectivity index (χ1) is 7.90. The summed E-state index contributed by atoms with van der Waals surface area (Å²) in [5.41, 5.74) is 0. The van der Waals surface area contributed by atoms with Gasteiger partial charge in [-0.1, -0.05) is 0 Å². The second-order valence-corrected chi connectivity index (χ2v) is 5.14. The van der Waals surface area contributed by atoms with Crippen molar-refractivity contribution in [3.8, 4) is 0 Å². The van der Waals surface area contributed by atoms with Crippen LogP contribution in [0, 0.1) is 6.92 Å². The van der Waals surface area contributed by atoms with E-state index in [-0.39, 0.29) is 19.1 Å². The van der Waals surface area contributed by atoms with Crippen LogP contribution in [0.1, 0.15) is 22.7 Å². The monoisotopic (exact) mass is 257 g/mol. The summed E-state index contributed by atoms with van der Waals surface area (Å²) in [5.74, 6) is -2.04. The van der Waals surface area contributed by atoms with Crippen LogP contribution in [-0.4, -0.2) is 40.1 Å². The molecule has 1 heterocycles. The molecule has 1 aromatic heterocycles. The van der Waals surface area contributed by atoms with Gasteiger partial charge in [-0.15, -0.1) is 11.3 Å². The molecule has 0 aliphatic heterocycles. The van der Waals surface area contributed by atoms with E-state index in [0.29, 0.717) is 0 Å². The van der Waals surface area contributed by atoms with Gasteiger partial charge < -0.3 is 10.2 Å². The summed E-state index contributed by atoms with van der Waals surface area (Å²) in [6.45, 7) is 3.23. The van der Waals surface area contributed by atoms with Crippen LogP contribution >= 0.6 is 11.3 Å². The van der Waals surface area contributed by atoms with Crippen molar-refractivity contribution in [2.75, 3.05) is 13.1 Å². The molecule has 2 N–H and O–H groups in total. The number of thiophene rings is 1. The number of aryl methyl sites for hydroxylation is 1. The highest BCUT2D eigenvalue weighted by Gasteiger charge is 2.21. The highest BCUT2D eigenvalue weighted by Crippen LogP contribution is 2.26. The molecule has 0 saturated carbocycles. The molecule has 0 amide bonds. The van der Waals surface area contributed by atoms with Crippen molar-refractivity contribution < 1.29 is 19.8 Å². The first kappa shape index (κ1) is 13.7. The first-order valence-electron chi connectivity index (χ1n) is 5.14. The molecule has 5 nitrogen and oxygen atoms in total. The maximum atomic E-state index is 10.7. The zero-order chi connectivity index (χ0) is 13.0. The van der Waals surface area contributed by atoms with Crippen LogP contribution in [0.5, 0.6) is 0 Å². The van der Waals surface area contributed by atoms with Crippen LogP contribution in [0.25, 0.3) is 0 Å². The number of aliphatic carboxylic acids is 2. The van der Waals surface area contributed by atoms with E-state index in [9.17, 15) is 9.59 Å². The number of nitrogens with zero attached hydrogens (tertiary/aromatic N) is 1. The molecule has 0 aliphatic rings.